The molecule has 0 aromatic heterocycles. The molecular weight excluding hydrogens is 409 g/mol. The van der Waals surface area contributed by atoms with Gasteiger partial charge in [-0.2, -0.15) is 23.4 Å². The van der Waals surface area contributed by atoms with Gasteiger partial charge in [0.2, 0.25) is 5.91 Å². The summed E-state index contributed by atoms with van der Waals surface area (Å²) in [5.74, 6) is -0.946. The van der Waals surface area contributed by atoms with Crippen LogP contribution in [0.4, 0.5) is 24.5 Å². The first kappa shape index (κ1) is 20.8. The van der Waals surface area contributed by atoms with Gasteiger partial charge < -0.3 is 5.32 Å². The summed E-state index contributed by atoms with van der Waals surface area (Å²) in [5, 5.41) is 10.6. The fourth-order valence-electron chi connectivity index (χ4n) is 3.72. The van der Waals surface area contributed by atoms with Crippen molar-refractivity contribution in [1.29, 1.82) is 0 Å². The van der Waals surface area contributed by atoms with E-state index in [1.807, 2.05) is 19.1 Å². The van der Waals surface area contributed by atoms with Crippen LogP contribution in [-0.4, -0.2) is 24.5 Å². The lowest BCUT2D eigenvalue weighted by Crippen LogP contribution is -2.43. The van der Waals surface area contributed by atoms with Gasteiger partial charge in [-0.05, 0) is 30.7 Å². The van der Waals surface area contributed by atoms with Crippen LogP contribution < -0.4 is 10.2 Å². The molecule has 0 spiro atoms. The molecule has 2 amide bonds. The van der Waals surface area contributed by atoms with E-state index in [-0.39, 0.29) is 23.6 Å². The Morgan fingerprint density at radius 3 is 2.68 bits per heavy atom. The number of amides is 2. The van der Waals surface area contributed by atoms with Crippen LogP contribution in [0.2, 0.25) is 0 Å². The molecule has 1 unspecified atom stereocenters. The minimum atomic E-state index is -4.58. The number of fused-ring (bicyclic) bond motifs is 3. The lowest BCUT2D eigenvalue weighted by molar-refractivity contribution is -0.130. The highest BCUT2D eigenvalue weighted by atomic mass is 19.4. The molecule has 160 valence electrons. The highest BCUT2D eigenvalue weighted by Gasteiger charge is 2.43. The lowest BCUT2D eigenvalue weighted by atomic mass is 9.90. The molecule has 1 N–H and O–H groups in total. The second-order valence-electron chi connectivity index (χ2n) is 7.45. The van der Waals surface area contributed by atoms with Crippen LogP contribution in [0.15, 0.2) is 58.4 Å². The average Bonchev–Trinajstić information content (AvgIpc) is 3.21. The van der Waals surface area contributed by atoms with E-state index in [1.165, 1.54) is 6.20 Å². The summed E-state index contributed by atoms with van der Waals surface area (Å²) >= 11 is 0. The van der Waals surface area contributed by atoms with Crippen LogP contribution in [0.1, 0.15) is 30.5 Å². The Hall–Kier alpha value is -3.49. The number of benzene rings is 2. The third-order valence-corrected chi connectivity index (χ3v) is 5.20. The van der Waals surface area contributed by atoms with Crippen LogP contribution in [0, 0.1) is 6.92 Å². The number of nitrogens with zero attached hydrogens (tertiary/aromatic N) is 3. The standard InChI is InChI=1S/C22H19F3N4O2/c1-3-19(30)27-17-7-4-12(2)8-15(17)13-5-6-14-18(9-13)29(11-22(23,24)25)21(31)16-10-26-28-20(14)16/h4-10,20H,3,11H2,1-2H3,(H,27,30). The Morgan fingerprint density at radius 1 is 1.19 bits per heavy atom. The zero-order chi connectivity index (χ0) is 22.3. The van der Waals surface area contributed by atoms with Crippen LogP contribution in [0.5, 0.6) is 0 Å². The third kappa shape index (κ3) is 3.95. The van der Waals surface area contributed by atoms with Gasteiger partial charge in [-0.15, -0.1) is 0 Å². The first-order chi connectivity index (χ1) is 14.7. The Labute approximate surface area is 176 Å². The van der Waals surface area contributed by atoms with E-state index in [0.717, 1.165) is 10.5 Å². The zero-order valence-corrected chi connectivity index (χ0v) is 16.8. The summed E-state index contributed by atoms with van der Waals surface area (Å²) in [6.07, 6.45) is -3.08. The first-order valence-corrected chi connectivity index (χ1v) is 9.71. The largest absolute Gasteiger partial charge is 0.406 e. The third-order valence-electron chi connectivity index (χ3n) is 5.20. The SMILES string of the molecule is CCC(=O)Nc1ccc(C)cc1-c1ccc2c(c1)N(CC(F)(F)F)C(=O)C1=CN=NC12. The summed E-state index contributed by atoms with van der Waals surface area (Å²) in [6, 6.07) is 9.68. The Kier molecular flexibility index (Phi) is 5.12. The van der Waals surface area contributed by atoms with Crippen molar-refractivity contribution in [1.82, 2.24) is 0 Å². The second-order valence-corrected chi connectivity index (χ2v) is 7.45. The average molecular weight is 428 g/mol. The summed E-state index contributed by atoms with van der Waals surface area (Å²) in [7, 11) is 0. The fourth-order valence-corrected chi connectivity index (χ4v) is 3.72. The summed E-state index contributed by atoms with van der Waals surface area (Å²) in [6.45, 7) is 2.19. The van der Waals surface area contributed by atoms with Crippen LogP contribution in [0.3, 0.4) is 0 Å². The van der Waals surface area contributed by atoms with Gasteiger partial charge in [-0.25, -0.2) is 0 Å². The molecule has 2 aromatic carbocycles. The molecule has 0 saturated heterocycles. The maximum atomic E-state index is 13.3. The Morgan fingerprint density at radius 2 is 1.97 bits per heavy atom. The minimum Gasteiger partial charge on any atom is -0.326 e. The van der Waals surface area contributed by atoms with Crippen molar-refractivity contribution in [3.8, 4) is 11.1 Å². The van der Waals surface area contributed by atoms with Crippen molar-refractivity contribution in [2.24, 2.45) is 10.2 Å². The van der Waals surface area contributed by atoms with Crippen LogP contribution in [0.25, 0.3) is 11.1 Å². The molecule has 0 aliphatic carbocycles. The fraction of sp³-hybridized carbons (Fsp3) is 0.273. The molecule has 2 aromatic rings. The molecule has 4 rings (SSSR count). The number of rotatable bonds is 4. The monoisotopic (exact) mass is 428 g/mol. The molecule has 9 heteroatoms. The smallest absolute Gasteiger partial charge is 0.326 e. The number of anilines is 2. The number of aryl methyl sites for hydroxylation is 1. The second kappa shape index (κ2) is 7.64. The lowest BCUT2D eigenvalue weighted by Gasteiger charge is -2.33. The van der Waals surface area contributed by atoms with E-state index in [2.05, 4.69) is 15.5 Å². The van der Waals surface area contributed by atoms with Crippen LogP contribution in [-0.2, 0) is 9.59 Å². The van der Waals surface area contributed by atoms with Crippen molar-refractivity contribution in [3.05, 3.63) is 59.3 Å². The quantitative estimate of drug-likeness (QED) is 0.717. The molecule has 0 radical (unpaired) electrons. The maximum absolute atomic E-state index is 13.3. The number of carbonyl (C=O) groups is 2. The molecule has 6 nitrogen and oxygen atoms in total. The number of carbonyl (C=O) groups excluding carboxylic acids is 2. The van der Waals surface area contributed by atoms with E-state index in [4.69, 9.17) is 0 Å². The van der Waals surface area contributed by atoms with E-state index < -0.39 is 24.7 Å². The highest BCUT2D eigenvalue weighted by molar-refractivity contribution is 6.10. The minimum absolute atomic E-state index is 0.121. The topological polar surface area (TPSA) is 74.1 Å². The van der Waals surface area contributed by atoms with E-state index >= 15 is 0 Å². The molecule has 0 fully saturated rings. The number of alkyl halides is 3. The van der Waals surface area contributed by atoms with Gasteiger partial charge in [0.15, 0.2) is 0 Å². The summed E-state index contributed by atoms with van der Waals surface area (Å²) < 4.78 is 39.8. The first-order valence-electron chi connectivity index (χ1n) is 9.71. The normalized spacial score (nSPS) is 17.3. The van der Waals surface area contributed by atoms with Crippen molar-refractivity contribution in [3.63, 3.8) is 0 Å². The van der Waals surface area contributed by atoms with E-state index in [9.17, 15) is 22.8 Å². The van der Waals surface area contributed by atoms with Gasteiger partial charge in [0, 0.05) is 23.2 Å². The number of hydrogen-bond donors (Lipinski definition) is 1. The molecule has 2 aliphatic rings. The van der Waals surface area contributed by atoms with Gasteiger partial charge >= 0.3 is 6.18 Å². The molecule has 2 heterocycles. The molecule has 0 bridgehead atoms. The van der Waals surface area contributed by atoms with Crippen molar-refractivity contribution in [2.75, 3.05) is 16.8 Å². The maximum Gasteiger partial charge on any atom is 0.406 e. The van der Waals surface area contributed by atoms with E-state index in [0.29, 0.717) is 22.4 Å². The van der Waals surface area contributed by atoms with Gasteiger partial charge in [0.1, 0.15) is 12.6 Å². The number of azo groups is 1. The summed E-state index contributed by atoms with van der Waals surface area (Å²) in [5.41, 5.74) is 3.43. The number of nitrogens with one attached hydrogen (secondary N) is 1. The van der Waals surface area contributed by atoms with E-state index in [1.54, 1.807) is 31.2 Å². The zero-order valence-electron chi connectivity index (χ0n) is 16.8. The molecule has 0 saturated carbocycles. The van der Waals surface area contributed by atoms with Crippen molar-refractivity contribution >= 4 is 23.2 Å². The van der Waals surface area contributed by atoms with Gasteiger partial charge in [-0.1, -0.05) is 30.7 Å². The number of halogens is 3. The van der Waals surface area contributed by atoms with Gasteiger partial charge in [0.25, 0.3) is 5.91 Å². The Bertz CT molecular complexity index is 1140. The van der Waals surface area contributed by atoms with Gasteiger partial charge in [-0.3, -0.25) is 14.5 Å². The predicted octanol–water partition coefficient (Wildman–Crippen LogP) is 5.31. The predicted molar refractivity (Wildman–Crippen MR) is 110 cm³/mol. The molecule has 31 heavy (non-hydrogen) atoms. The molecule has 2 aliphatic heterocycles. The summed E-state index contributed by atoms with van der Waals surface area (Å²) in [4.78, 5) is 25.4. The van der Waals surface area contributed by atoms with Crippen LogP contribution >= 0.6 is 0 Å². The molecular formula is C22H19F3N4O2. The number of hydrogen-bond acceptors (Lipinski definition) is 4. The Balaban J connectivity index is 1.85. The van der Waals surface area contributed by atoms with Crippen molar-refractivity contribution in [2.45, 2.75) is 32.5 Å². The highest BCUT2D eigenvalue weighted by Crippen LogP contribution is 2.45. The van der Waals surface area contributed by atoms with Crippen molar-refractivity contribution < 1.29 is 22.8 Å². The molecule has 1 atom stereocenters. The van der Waals surface area contributed by atoms with Gasteiger partial charge in [0.05, 0.1) is 17.5 Å².